The molecule has 0 aliphatic carbocycles. The molecule has 0 unspecified atom stereocenters. The van der Waals surface area contributed by atoms with Crippen LogP contribution in [0.1, 0.15) is 50.2 Å². The average molecular weight is 518 g/mol. The summed E-state index contributed by atoms with van der Waals surface area (Å²) in [6, 6.07) is 12.2. The van der Waals surface area contributed by atoms with Crippen LogP contribution in [0.25, 0.3) is 10.9 Å². The van der Waals surface area contributed by atoms with Crippen molar-refractivity contribution in [3.63, 3.8) is 0 Å². The van der Waals surface area contributed by atoms with Gasteiger partial charge in [-0.15, -0.1) is 0 Å². The van der Waals surface area contributed by atoms with Crippen molar-refractivity contribution in [2.24, 2.45) is 0 Å². The number of amides is 1. The number of H-pyrrole nitrogens is 1. The summed E-state index contributed by atoms with van der Waals surface area (Å²) < 4.78 is 1.49. The number of nitrogens with zero attached hydrogens (tertiary/aromatic N) is 6. The topological polar surface area (TPSA) is 117 Å². The van der Waals surface area contributed by atoms with Crippen LogP contribution in [0, 0.1) is 0 Å². The summed E-state index contributed by atoms with van der Waals surface area (Å²) in [4.78, 5) is 56.6. The standard InChI is InChI=1S/C23H21N7O3.C3H8.C2H6/c31-20-17-4-1-2-5-19(17)30(23(33)27-20)15-16-6-9-24-18(14-16)21(32)28-10-12-29(13-11-28)22-25-7-3-8-26-22;1-3-2;1-2/h1-9,14H,10-13,15H2,(H,27,31,33);3H2,1-2H3;1-2H3. The number of para-hydroxylation sites is 1. The van der Waals surface area contributed by atoms with Crippen molar-refractivity contribution in [3.8, 4) is 0 Å². The number of anilines is 1. The molecular weight excluding hydrogens is 482 g/mol. The number of benzene rings is 1. The maximum absolute atomic E-state index is 13.1. The smallest absolute Gasteiger partial charge is 0.329 e. The molecule has 200 valence electrons. The van der Waals surface area contributed by atoms with Gasteiger partial charge >= 0.3 is 5.69 Å². The minimum absolute atomic E-state index is 0.163. The van der Waals surface area contributed by atoms with Crippen molar-refractivity contribution in [2.45, 2.75) is 40.7 Å². The summed E-state index contributed by atoms with van der Waals surface area (Å²) >= 11 is 0. The Morgan fingerprint density at radius 2 is 1.55 bits per heavy atom. The Balaban J connectivity index is 0.000000748. The molecule has 0 radical (unpaired) electrons. The Hall–Kier alpha value is -4.34. The first-order chi connectivity index (χ1) is 18.5. The molecule has 38 heavy (non-hydrogen) atoms. The van der Waals surface area contributed by atoms with Crippen LogP contribution >= 0.6 is 0 Å². The van der Waals surface area contributed by atoms with E-state index in [2.05, 4.69) is 33.8 Å². The first-order valence-corrected chi connectivity index (χ1v) is 13.0. The van der Waals surface area contributed by atoms with Gasteiger partial charge in [-0.2, -0.15) is 0 Å². The Morgan fingerprint density at radius 1 is 0.895 bits per heavy atom. The van der Waals surface area contributed by atoms with Crippen LogP contribution in [0.4, 0.5) is 5.95 Å². The maximum Gasteiger partial charge on any atom is 0.329 e. The Morgan fingerprint density at radius 3 is 2.24 bits per heavy atom. The van der Waals surface area contributed by atoms with E-state index in [9.17, 15) is 14.4 Å². The van der Waals surface area contributed by atoms with Gasteiger partial charge in [-0.25, -0.2) is 14.8 Å². The van der Waals surface area contributed by atoms with Crippen LogP contribution in [-0.2, 0) is 6.54 Å². The molecule has 1 saturated heterocycles. The number of fused-ring (bicyclic) bond motifs is 1. The zero-order valence-corrected chi connectivity index (χ0v) is 22.4. The van der Waals surface area contributed by atoms with E-state index in [1.54, 1.807) is 66.0 Å². The molecule has 1 aromatic carbocycles. The van der Waals surface area contributed by atoms with Gasteiger partial charge in [-0.05, 0) is 35.9 Å². The molecule has 1 N–H and O–H groups in total. The lowest BCUT2D eigenvalue weighted by molar-refractivity contribution is 0.0740. The van der Waals surface area contributed by atoms with Crippen LogP contribution in [0.5, 0.6) is 0 Å². The quantitative estimate of drug-likeness (QED) is 0.441. The van der Waals surface area contributed by atoms with Crippen LogP contribution in [0.3, 0.4) is 0 Å². The van der Waals surface area contributed by atoms with Gasteiger partial charge in [0.05, 0.1) is 17.4 Å². The maximum atomic E-state index is 13.1. The van der Waals surface area contributed by atoms with Gasteiger partial charge in [0.15, 0.2) is 0 Å². The van der Waals surface area contributed by atoms with E-state index in [1.165, 1.54) is 11.0 Å². The molecule has 0 spiro atoms. The zero-order valence-electron chi connectivity index (χ0n) is 22.4. The van der Waals surface area contributed by atoms with E-state index in [-0.39, 0.29) is 12.5 Å². The first kappa shape index (κ1) is 28.2. The lowest BCUT2D eigenvalue weighted by Crippen LogP contribution is -2.49. The van der Waals surface area contributed by atoms with Crippen LogP contribution in [0.15, 0.2) is 70.6 Å². The summed E-state index contributed by atoms with van der Waals surface area (Å²) in [6.45, 7) is 10.8. The van der Waals surface area contributed by atoms with Crippen LogP contribution < -0.4 is 16.1 Å². The number of aromatic amines is 1. The van der Waals surface area contributed by atoms with E-state index in [0.29, 0.717) is 48.7 Å². The molecule has 10 nitrogen and oxygen atoms in total. The molecule has 0 bridgehead atoms. The summed E-state index contributed by atoms with van der Waals surface area (Å²) in [5, 5.41) is 0.433. The average Bonchev–Trinajstić information content (AvgIpc) is 2.97. The molecule has 4 heterocycles. The van der Waals surface area contributed by atoms with Gasteiger partial charge in [0.2, 0.25) is 5.95 Å². The van der Waals surface area contributed by atoms with Gasteiger partial charge in [-0.1, -0.05) is 46.2 Å². The number of rotatable bonds is 4. The van der Waals surface area contributed by atoms with Crippen molar-refractivity contribution >= 4 is 22.8 Å². The predicted molar refractivity (Wildman–Crippen MR) is 150 cm³/mol. The fraction of sp³-hybridized carbons (Fsp3) is 0.357. The van der Waals surface area contributed by atoms with Crippen LogP contribution in [0.2, 0.25) is 0 Å². The molecular formula is C28H35N7O3. The Labute approximate surface area is 222 Å². The van der Waals surface area contributed by atoms with E-state index in [0.717, 1.165) is 5.56 Å². The number of carbonyl (C=O) groups excluding carboxylic acids is 1. The Kier molecular flexibility index (Phi) is 10.3. The minimum atomic E-state index is -0.498. The molecule has 1 amide bonds. The summed E-state index contributed by atoms with van der Waals surface area (Å²) in [5.41, 5.74) is 0.679. The fourth-order valence-electron chi connectivity index (χ4n) is 4.00. The van der Waals surface area contributed by atoms with Crippen molar-refractivity contribution in [3.05, 3.63) is 93.2 Å². The van der Waals surface area contributed by atoms with Crippen molar-refractivity contribution in [2.75, 3.05) is 31.1 Å². The molecule has 1 aliphatic rings. The monoisotopic (exact) mass is 517 g/mol. The SMILES string of the molecule is CC.CCC.O=C(c1cc(Cn2c(=O)[nH]c(=O)c3ccccc32)ccn1)N1CCN(c2ncccn2)CC1. The second-order valence-electron chi connectivity index (χ2n) is 8.45. The Bertz CT molecular complexity index is 1440. The highest BCUT2D eigenvalue weighted by Gasteiger charge is 2.24. The molecule has 0 saturated carbocycles. The van der Waals surface area contributed by atoms with Crippen LogP contribution in [-0.4, -0.2) is 61.5 Å². The molecule has 5 rings (SSSR count). The number of aromatic nitrogens is 5. The molecule has 10 heteroatoms. The van der Waals surface area contributed by atoms with E-state index in [1.807, 2.05) is 18.7 Å². The van der Waals surface area contributed by atoms with Crippen molar-refractivity contribution in [1.82, 2.24) is 29.4 Å². The highest BCUT2D eigenvalue weighted by Crippen LogP contribution is 2.14. The zero-order chi connectivity index (χ0) is 27.5. The lowest BCUT2D eigenvalue weighted by atomic mass is 10.2. The lowest BCUT2D eigenvalue weighted by Gasteiger charge is -2.34. The highest BCUT2D eigenvalue weighted by molar-refractivity contribution is 5.92. The number of hydrogen-bond acceptors (Lipinski definition) is 7. The predicted octanol–water partition coefficient (Wildman–Crippen LogP) is 3.33. The number of carbonyl (C=O) groups is 1. The van der Waals surface area contributed by atoms with Gasteiger partial charge in [0.25, 0.3) is 11.5 Å². The number of nitrogens with one attached hydrogen (secondary N) is 1. The summed E-state index contributed by atoms with van der Waals surface area (Å²) in [5.74, 6) is 0.493. The third-order valence-corrected chi connectivity index (χ3v) is 5.69. The first-order valence-electron chi connectivity index (χ1n) is 13.0. The van der Waals surface area contributed by atoms with E-state index in [4.69, 9.17) is 0 Å². The molecule has 1 fully saturated rings. The summed E-state index contributed by atoms with van der Waals surface area (Å²) in [6.07, 6.45) is 6.22. The van der Waals surface area contributed by atoms with Crippen molar-refractivity contribution in [1.29, 1.82) is 0 Å². The van der Waals surface area contributed by atoms with E-state index < -0.39 is 11.2 Å². The minimum Gasteiger partial charge on any atom is -0.337 e. The van der Waals surface area contributed by atoms with Crippen molar-refractivity contribution < 1.29 is 4.79 Å². The second kappa shape index (κ2) is 13.8. The molecule has 4 aromatic rings. The van der Waals surface area contributed by atoms with Gasteiger partial charge in [0, 0.05) is 44.8 Å². The highest BCUT2D eigenvalue weighted by atomic mass is 16.2. The molecule has 3 aromatic heterocycles. The van der Waals surface area contributed by atoms with Gasteiger partial charge in [0.1, 0.15) is 5.69 Å². The number of piperazine rings is 1. The summed E-state index contributed by atoms with van der Waals surface area (Å²) in [7, 11) is 0. The fourth-order valence-corrected chi connectivity index (χ4v) is 4.00. The van der Waals surface area contributed by atoms with E-state index >= 15 is 0 Å². The van der Waals surface area contributed by atoms with Gasteiger partial charge in [-0.3, -0.25) is 24.1 Å². The second-order valence-corrected chi connectivity index (χ2v) is 8.45. The number of hydrogen-bond donors (Lipinski definition) is 1. The largest absolute Gasteiger partial charge is 0.337 e. The van der Waals surface area contributed by atoms with Gasteiger partial charge < -0.3 is 9.80 Å². The molecule has 0 atom stereocenters. The third-order valence-electron chi connectivity index (χ3n) is 5.69. The molecule has 1 aliphatic heterocycles. The number of pyridine rings is 1. The normalized spacial score (nSPS) is 12.7. The third kappa shape index (κ3) is 6.70.